The number of allylic oxidation sites excluding steroid dienone is 1. The molecule has 22 heavy (non-hydrogen) atoms. The molecule has 0 bridgehead atoms. The van der Waals surface area contributed by atoms with Crippen LogP contribution in [0.1, 0.15) is 23.0 Å². The highest BCUT2D eigenvalue weighted by molar-refractivity contribution is 7.89. The van der Waals surface area contributed by atoms with Gasteiger partial charge in [0.05, 0.1) is 0 Å². The van der Waals surface area contributed by atoms with Crippen LogP contribution in [0, 0.1) is 0 Å². The predicted octanol–water partition coefficient (Wildman–Crippen LogP) is 1.15. The molecule has 0 saturated heterocycles. The van der Waals surface area contributed by atoms with E-state index in [1.165, 1.54) is 25.5 Å². The molecule has 1 unspecified atom stereocenters. The minimum atomic E-state index is -3.76. The first-order valence-corrected chi connectivity index (χ1v) is 8.68. The van der Waals surface area contributed by atoms with Crippen LogP contribution in [0.3, 0.4) is 0 Å². The quantitative estimate of drug-likeness (QED) is 0.721. The lowest BCUT2D eigenvalue weighted by Gasteiger charge is -2.14. The lowest BCUT2D eigenvalue weighted by Crippen LogP contribution is -2.40. The number of carbonyl (C=O) groups is 2. The maximum absolute atomic E-state index is 12.2. The third-order valence-electron chi connectivity index (χ3n) is 2.80. The molecule has 0 aliphatic rings. The molecule has 0 radical (unpaired) electrons. The Morgan fingerprint density at radius 2 is 2.09 bits per heavy atom. The Labute approximate surface area is 133 Å². The molecular weight excluding hydrogens is 328 g/mol. The Morgan fingerprint density at radius 1 is 1.45 bits per heavy atom. The van der Waals surface area contributed by atoms with Crippen molar-refractivity contribution in [2.45, 2.75) is 24.3 Å². The third kappa shape index (κ3) is 4.15. The number of rotatable bonds is 7. The van der Waals surface area contributed by atoms with Gasteiger partial charge in [-0.15, -0.1) is 11.3 Å². The number of carboxylic acid groups (broad SMARTS) is 1. The van der Waals surface area contributed by atoms with Gasteiger partial charge in [0.15, 0.2) is 0 Å². The molecular formula is C13H18N2O5S2. The second-order valence-electron chi connectivity index (χ2n) is 4.57. The third-order valence-corrected chi connectivity index (χ3v) is 5.70. The fourth-order valence-corrected chi connectivity index (χ4v) is 3.78. The van der Waals surface area contributed by atoms with Crippen molar-refractivity contribution in [2.75, 3.05) is 14.1 Å². The van der Waals surface area contributed by atoms with Crippen LogP contribution in [0.5, 0.6) is 0 Å². The number of carboxylic acids is 1. The number of amides is 1. The van der Waals surface area contributed by atoms with Crippen molar-refractivity contribution in [1.82, 2.24) is 9.62 Å². The Kier molecular flexibility index (Phi) is 6.27. The largest absolute Gasteiger partial charge is 0.480 e. The van der Waals surface area contributed by atoms with Gasteiger partial charge in [0.2, 0.25) is 10.0 Å². The zero-order chi connectivity index (χ0) is 16.9. The highest BCUT2D eigenvalue weighted by Gasteiger charge is 2.28. The first-order valence-electron chi connectivity index (χ1n) is 6.36. The molecule has 1 heterocycles. The van der Waals surface area contributed by atoms with Gasteiger partial charge in [-0.2, -0.15) is 0 Å². The van der Waals surface area contributed by atoms with E-state index in [2.05, 4.69) is 5.32 Å². The Balaban J connectivity index is 3.05. The Bertz CT molecular complexity index is 676. The minimum absolute atomic E-state index is 0.0274. The average molecular weight is 346 g/mol. The molecule has 7 nitrogen and oxygen atoms in total. The van der Waals surface area contributed by atoms with Crippen molar-refractivity contribution in [3.8, 4) is 0 Å². The summed E-state index contributed by atoms with van der Waals surface area (Å²) in [6.45, 7) is 1.74. The molecule has 0 fully saturated rings. The van der Waals surface area contributed by atoms with Crippen molar-refractivity contribution in [1.29, 1.82) is 0 Å². The summed E-state index contributed by atoms with van der Waals surface area (Å²) in [5.74, 6) is -1.90. The molecule has 122 valence electrons. The fourth-order valence-electron chi connectivity index (χ4n) is 1.58. The van der Waals surface area contributed by atoms with Gasteiger partial charge >= 0.3 is 5.97 Å². The molecule has 2 N–H and O–H groups in total. The van der Waals surface area contributed by atoms with Crippen molar-refractivity contribution in [3.05, 3.63) is 28.5 Å². The van der Waals surface area contributed by atoms with Crippen molar-refractivity contribution in [3.63, 3.8) is 0 Å². The molecule has 0 saturated carbocycles. The van der Waals surface area contributed by atoms with Crippen LogP contribution < -0.4 is 5.32 Å². The van der Waals surface area contributed by atoms with Gasteiger partial charge in [-0.05, 0) is 24.8 Å². The molecule has 0 aliphatic heterocycles. The SMILES string of the molecule is C/C=C/CC(NC(=O)c1sccc1S(=O)(=O)N(C)C)C(=O)O. The summed E-state index contributed by atoms with van der Waals surface area (Å²) >= 11 is 0.951. The van der Waals surface area contributed by atoms with E-state index in [1.807, 2.05) is 0 Å². The summed E-state index contributed by atoms with van der Waals surface area (Å²) in [4.78, 5) is 23.2. The van der Waals surface area contributed by atoms with Gasteiger partial charge in [0.1, 0.15) is 15.8 Å². The van der Waals surface area contributed by atoms with E-state index in [1.54, 1.807) is 19.1 Å². The van der Waals surface area contributed by atoms with Crippen LogP contribution >= 0.6 is 11.3 Å². The molecule has 0 aliphatic carbocycles. The summed E-state index contributed by atoms with van der Waals surface area (Å²) < 4.78 is 25.3. The normalized spacial score (nSPS) is 13.5. The smallest absolute Gasteiger partial charge is 0.326 e. The molecule has 1 amide bonds. The second-order valence-corrected chi connectivity index (χ2v) is 7.61. The van der Waals surface area contributed by atoms with Crippen LogP contribution in [0.4, 0.5) is 0 Å². The summed E-state index contributed by atoms with van der Waals surface area (Å²) in [7, 11) is -1.04. The molecule has 1 atom stereocenters. The van der Waals surface area contributed by atoms with Gasteiger partial charge in [-0.3, -0.25) is 4.79 Å². The van der Waals surface area contributed by atoms with E-state index in [0.717, 1.165) is 15.6 Å². The zero-order valence-corrected chi connectivity index (χ0v) is 14.1. The number of aliphatic carboxylic acids is 1. The highest BCUT2D eigenvalue weighted by Crippen LogP contribution is 2.24. The lowest BCUT2D eigenvalue weighted by atomic mass is 10.2. The number of hydrogen-bond acceptors (Lipinski definition) is 5. The van der Waals surface area contributed by atoms with E-state index in [0.29, 0.717) is 0 Å². The Morgan fingerprint density at radius 3 is 2.59 bits per heavy atom. The monoisotopic (exact) mass is 346 g/mol. The van der Waals surface area contributed by atoms with E-state index in [-0.39, 0.29) is 16.2 Å². The topological polar surface area (TPSA) is 104 Å². The first-order chi connectivity index (χ1) is 10.2. The second kappa shape index (κ2) is 7.52. The summed E-state index contributed by atoms with van der Waals surface area (Å²) in [6.07, 6.45) is 3.42. The van der Waals surface area contributed by atoms with Crippen molar-refractivity contribution >= 4 is 33.2 Å². The molecule has 1 aromatic rings. The number of hydrogen-bond donors (Lipinski definition) is 2. The van der Waals surface area contributed by atoms with Gasteiger partial charge in [-0.1, -0.05) is 12.2 Å². The fraction of sp³-hybridized carbons (Fsp3) is 0.385. The van der Waals surface area contributed by atoms with Gasteiger partial charge < -0.3 is 10.4 Å². The molecule has 1 rings (SSSR count). The van der Waals surface area contributed by atoms with Gasteiger partial charge in [0, 0.05) is 14.1 Å². The zero-order valence-electron chi connectivity index (χ0n) is 12.4. The maximum Gasteiger partial charge on any atom is 0.326 e. The summed E-state index contributed by atoms with van der Waals surface area (Å²) in [6, 6.07) is 0.220. The lowest BCUT2D eigenvalue weighted by molar-refractivity contribution is -0.139. The van der Waals surface area contributed by atoms with E-state index >= 15 is 0 Å². The predicted molar refractivity (Wildman–Crippen MR) is 83.5 cm³/mol. The molecule has 0 spiro atoms. The van der Waals surface area contributed by atoms with Crippen molar-refractivity contribution in [2.24, 2.45) is 0 Å². The van der Waals surface area contributed by atoms with Gasteiger partial charge in [-0.25, -0.2) is 17.5 Å². The summed E-state index contributed by atoms with van der Waals surface area (Å²) in [5.41, 5.74) is 0. The average Bonchev–Trinajstić information content (AvgIpc) is 2.92. The van der Waals surface area contributed by atoms with Crippen LogP contribution in [0.2, 0.25) is 0 Å². The number of nitrogens with zero attached hydrogens (tertiary/aromatic N) is 1. The van der Waals surface area contributed by atoms with E-state index < -0.39 is 27.9 Å². The first kappa shape index (κ1) is 18.3. The molecule has 0 aromatic carbocycles. The van der Waals surface area contributed by atoms with Crippen LogP contribution in [-0.2, 0) is 14.8 Å². The number of nitrogens with one attached hydrogen (secondary N) is 1. The molecule has 9 heteroatoms. The van der Waals surface area contributed by atoms with Crippen LogP contribution in [0.25, 0.3) is 0 Å². The van der Waals surface area contributed by atoms with Crippen molar-refractivity contribution < 1.29 is 23.1 Å². The Hall–Kier alpha value is -1.71. The maximum atomic E-state index is 12.2. The summed E-state index contributed by atoms with van der Waals surface area (Å²) in [5, 5.41) is 12.9. The highest BCUT2D eigenvalue weighted by atomic mass is 32.2. The van der Waals surface area contributed by atoms with Crippen LogP contribution in [0.15, 0.2) is 28.5 Å². The number of sulfonamides is 1. The number of carbonyl (C=O) groups excluding carboxylic acids is 1. The molecule has 1 aromatic heterocycles. The van der Waals surface area contributed by atoms with Gasteiger partial charge in [0.25, 0.3) is 5.91 Å². The standard InChI is InChI=1S/C13H18N2O5S2/c1-4-5-6-9(13(17)18)14-12(16)11-10(7-8-21-11)22(19,20)15(2)3/h4-5,7-9H,6H2,1-3H3,(H,14,16)(H,17,18)/b5-4+. The van der Waals surface area contributed by atoms with E-state index in [9.17, 15) is 18.0 Å². The van der Waals surface area contributed by atoms with E-state index in [4.69, 9.17) is 5.11 Å². The van der Waals surface area contributed by atoms with Crippen LogP contribution in [-0.4, -0.2) is 49.8 Å². The minimum Gasteiger partial charge on any atom is -0.480 e. The number of thiophene rings is 1.